The van der Waals surface area contributed by atoms with Gasteiger partial charge in [0.15, 0.2) is 0 Å². The van der Waals surface area contributed by atoms with Gasteiger partial charge in [0.2, 0.25) is 0 Å². The number of amides is 1. The lowest BCUT2D eigenvalue weighted by Gasteiger charge is -2.21. The standard InChI is InChI=1S/C14H12Cl2N2OS/c15-11-4-1-9(5-12(11)16)6-18(10-2-3-10)14(19)13-7-20-8-17-13/h1,4-5,7-8,10H,2-3,6H2. The van der Waals surface area contributed by atoms with Crippen LogP contribution < -0.4 is 0 Å². The molecule has 1 aliphatic rings. The predicted octanol–water partition coefficient (Wildman–Crippen LogP) is 4.25. The summed E-state index contributed by atoms with van der Waals surface area (Å²) in [5.41, 5.74) is 3.18. The number of aromatic nitrogens is 1. The predicted molar refractivity (Wildman–Crippen MR) is 81.5 cm³/mol. The van der Waals surface area contributed by atoms with E-state index in [1.54, 1.807) is 17.0 Å². The summed E-state index contributed by atoms with van der Waals surface area (Å²) in [6.07, 6.45) is 2.11. The fourth-order valence-electron chi connectivity index (χ4n) is 2.05. The maximum Gasteiger partial charge on any atom is 0.273 e. The second-order valence-electron chi connectivity index (χ2n) is 4.79. The average molecular weight is 327 g/mol. The molecule has 3 nitrogen and oxygen atoms in total. The molecule has 0 unspecified atom stereocenters. The second-order valence-corrected chi connectivity index (χ2v) is 6.32. The van der Waals surface area contributed by atoms with Crippen LogP contribution in [0, 0.1) is 0 Å². The molecule has 0 atom stereocenters. The van der Waals surface area contributed by atoms with Gasteiger partial charge in [-0.1, -0.05) is 29.3 Å². The van der Waals surface area contributed by atoms with E-state index in [0.29, 0.717) is 28.3 Å². The first-order valence-electron chi connectivity index (χ1n) is 6.28. The Hall–Kier alpha value is -1.10. The van der Waals surface area contributed by atoms with Crippen LogP contribution in [0.25, 0.3) is 0 Å². The van der Waals surface area contributed by atoms with Gasteiger partial charge in [-0.05, 0) is 30.5 Å². The monoisotopic (exact) mass is 326 g/mol. The van der Waals surface area contributed by atoms with Crippen LogP contribution in [0.4, 0.5) is 0 Å². The molecule has 1 saturated carbocycles. The van der Waals surface area contributed by atoms with Gasteiger partial charge in [-0.2, -0.15) is 0 Å². The molecule has 1 heterocycles. The second kappa shape index (κ2) is 5.72. The van der Waals surface area contributed by atoms with Gasteiger partial charge >= 0.3 is 0 Å². The van der Waals surface area contributed by atoms with Crippen LogP contribution in [0.1, 0.15) is 28.9 Å². The average Bonchev–Trinajstić information content (AvgIpc) is 3.13. The number of rotatable bonds is 4. The van der Waals surface area contributed by atoms with E-state index in [-0.39, 0.29) is 5.91 Å². The quantitative estimate of drug-likeness (QED) is 0.841. The Morgan fingerprint density at radius 3 is 2.75 bits per heavy atom. The van der Waals surface area contributed by atoms with Gasteiger partial charge in [-0.15, -0.1) is 11.3 Å². The van der Waals surface area contributed by atoms with Crippen LogP contribution in [-0.2, 0) is 6.54 Å². The molecule has 1 fully saturated rings. The lowest BCUT2D eigenvalue weighted by molar-refractivity contribution is 0.0725. The summed E-state index contributed by atoms with van der Waals surface area (Å²) in [6, 6.07) is 5.79. The molecule has 0 bridgehead atoms. The van der Waals surface area contributed by atoms with Crippen molar-refractivity contribution in [3.63, 3.8) is 0 Å². The number of halogens is 2. The molecule has 1 aromatic carbocycles. The Labute approximate surface area is 131 Å². The van der Waals surface area contributed by atoms with Crippen molar-refractivity contribution < 1.29 is 4.79 Å². The van der Waals surface area contributed by atoms with Crippen LogP contribution >= 0.6 is 34.5 Å². The Morgan fingerprint density at radius 2 is 2.15 bits per heavy atom. The highest BCUT2D eigenvalue weighted by atomic mass is 35.5. The molecule has 0 radical (unpaired) electrons. The number of carbonyl (C=O) groups excluding carboxylic acids is 1. The molecule has 0 saturated heterocycles. The van der Waals surface area contributed by atoms with E-state index in [1.807, 2.05) is 17.0 Å². The van der Waals surface area contributed by atoms with E-state index in [9.17, 15) is 4.79 Å². The van der Waals surface area contributed by atoms with E-state index in [4.69, 9.17) is 23.2 Å². The Bertz CT molecular complexity index is 626. The zero-order valence-electron chi connectivity index (χ0n) is 10.6. The van der Waals surface area contributed by atoms with E-state index in [1.165, 1.54) is 11.3 Å². The van der Waals surface area contributed by atoms with Gasteiger partial charge in [0.1, 0.15) is 5.69 Å². The van der Waals surface area contributed by atoms with E-state index in [2.05, 4.69) is 4.98 Å². The summed E-state index contributed by atoms with van der Waals surface area (Å²) in [6.45, 7) is 0.540. The number of hydrogen-bond donors (Lipinski definition) is 0. The molecule has 6 heteroatoms. The minimum atomic E-state index is -0.0141. The Morgan fingerprint density at radius 1 is 1.35 bits per heavy atom. The summed E-state index contributed by atoms with van der Waals surface area (Å²) >= 11 is 13.4. The third-order valence-corrected chi connectivity index (χ3v) is 4.56. The topological polar surface area (TPSA) is 33.2 Å². The first kappa shape index (κ1) is 13.9. The van der Waals surface area contributed by atoms with Gasteiger partial charge in [0.05, 0.1) is 15.6 Å². The molecular weight excluding hydrogens is 315 g/mol. The van der Waals surface area contributed by atoms with Crippen molar-refractivity contribution in [3.05, 3.63) is 50.4 Å². The van der Waals surface area contributed by atoms with E-state index >= 15 is 0 Å². The van der Waals surface area contributed by atoms with E-state index < -0.39 is 0 Å². The number of hydrogen-bond acceptors (Lipinski definition) is 3. The first-order chi connectivity index (χ1) is 9.65. The molecule has 0 N–H and O–H groups in total. The molecule has 1 amide bonds. The molecule has 3 rings (SSSR count). The lowest BCUT2D eigenvalue weighted by Crippen LogP contribution is -2.32. The third-order valence-electron chi connectivity index (χ3n) is 3.24. The molecule has 0 aliphatic heterocycles. The normalized spacial score (nSPS) is 14.3. The van der Waals surface area contributed by atoms with Crippen molar-refractivity contribution in [1.29, 1.82) is 0 Å². The number of nitrogens with zero attached hydrogens (tertiary/aromatic N) is 2. The number of carbonyl (C=O) groups is 1. The van der Waals surface area contributed by atoms with Crippen molar-refractivity contribution in [3.8, 4) is 0 Å². The van der Waals surface area contributed by atoms with Crippen LogP contribution in [-0.4, -0.2) is 21.8 Å². The molecular formula is C14H12Cl2N2OS. The van der Waals surface area contributed by atoms with Gasteiger partial charge < -0.3 is 4.90 Å². The Kier molecular flexibility index (Phi) is 3.96. The Balaban J connectivity index is 1.81. The fraction of sp³-hybridized carbons (Fsp3) is 0.286. The summed E-state index contributed by atoms with van der Waals surface area (Å²) in [5.74, 6) is -0.0141. The van der Waals surface area contributed by atoms with Crippen LogP contribution in [0.15, 0.2) is 29.1 Å². The highest BCUT2D eigenvalue weighted by molar-refractivity contribution is 7.07. The third kappa shape index (κ3) is 2.97. The van der Waals surface area contributed by atoms with Crippen LogP contribution in [0.5, 0.6) is 0 Å². The minimum absolute atomic E-state index is 0.0141. The highest BCUT2D eigenvalue weighted by Crippen LogP contribution is 2.31. The van der Waals surface area contributed by atoms with Crippen molar-refractivity contribution in [2.75, 3.05) is 0 Å². The number of benzene rings is 1. The smallest absolute Gasteiger partial charge is 0.273 e. The molecule has 2 aromatic rings. The minimum Gasteiger partial charge on any atom is -0.330 e. The van der Waals surface area contributed by atoms with E-state index in [0.717, 1.165) is 18.4 Å². The van der Waals surface area contributed by atoms with Gasteiger partial charge in [0.25, 0.3) is 5.91 Å². The first-order valence-corrected chi connectivity index (χ1v) is 7.98. The largest absolute Gasteiger partial charge is 0.330 e. The highest BCUT2D eigenvalue weighted by Gasteiger charge is 2.33. The molecule has 104 valence electrons. The van der Waals surface area contributed by atoms with Gasteiger partial charge in [0, 0.05) is 18.0 Å². The zero-order valence-corrected chi connectivity index (χ0v) is 12.9. The van der Waals surface area contributed by atoms with Crippen molar-refractivity contribution in [2.24, 2.45) is 0 Å². The fourth-order valence-corrected chi connectivity index (χ4v) is 2.90. The van der Waals surface area contributed by atoms with Gasteiger partial charge in [-0.3, -0.25) is 4.79 Å². The molecule has 20 heavy (non-hydrogen) atoms. The van der Waals surface area contributed by atoms with Crippen molar-refractivity contribution in [1.82, 2.24) is 9.88 Å². The summed E-state index contributed by atoms with van der Waals surface area (Å²) in [4.78, 5) is 18.4. The maximum atomic E-state index is 12.5. The molecule has 1 aliphatic carbocycles. The summed E-state index contributed by atoms with van der Waals surface area (Å²) < 4.78 is 0. The number of thiazole rings is 1. The van der Waals surface area contributed by atoms with Crippen molar-refractivity contribution >= 4 is 40.4 Å². The van der Waals surface area contributed by atoms with Crippen LogP contribution in [0.3, 0.4) is 0 Å². The molecule has 0 spiro atoms. The SMILES string of the molecule is O=C(c1cscn1)N(Cc1ccc(Cl)c(Cl)c1)C1CC1. The van der Waals surface area contributed by atoms with Crippen molar-refractivity contribution in [2.45, 2.75) is 25.4 Å². The van der Waals surface area contributed by atoms with Gasteiger partial charge in [-0.25, -0.2) is 4.98 Å². The zero-order chi connectivity index (χ0) is 14.1. The summed E-state index contributed by atoms with van der Waals surface area (Å²) in [5, 5.41) is 2.83. The lowest BCUT2D eigenvalue weighted by atomic mass is 10.2. The van der Waals surface area contributed by atoms with Crippen LogP contribution in [0.2, 0.25) is 10.0 Å². The molecule has 1 aromatic heterocycles. The summed E-state index contributed by atoms with van der Waals surface area (Å²) in [7, 11) is 0. The maximum absolute atomic E-state index is 12.5.